The van der Waals surface area contributed by atoms with E-state index in [-0.39, 0.29) is 40.2 Å². The highest BCUT2D eigenvalue weighted by Gasteiger charge is 2.63. The molecule has 0 radical (unpaired) electrons. The maximum Gasteiger partial charge on any atom is 0.158 e. The van der Waals surface area contributed by atoms with Crippen LogP contribution in [0, 0.1) is 40.4 Å². The molecule has 3 saturated carbocycles. The number of hydrogen-bond acceptors (Lipinski definition) is 3. The van der Waals surface area contributed by atoms with Gasteiger partial charge in [0.05, 0.1) is 0 Å². The van der Waals surface area contributed by atoms with Crippen LogP contribution in [0.15, 0.2) is 11.6 Å². The normalized spacial score (nSPS) is 49.1. The van der Waals surface area contributed by atoms with Crippen LogP contribution in [0.5, 0.6) is 0 Å². The molecule has 4 rings (SSSR count). The Morgan fingerprint density at radius 3 is 2.56 bits per heavy atom. The Labute approximate surface area is 150 Å². The Balaban J connectivity index is 1.74. The maximum absolute atomic E-state index is 13.4. The lowest BCUT2D eigenvalue weighted by Crippen LogP contribution is -2.56. The molecule has 6 unspecified atom stereocenters. The van der Waals surface area contributed by atoms with Gasteiger partial charge in [-0.1, -0.05) is 26.3 Å². The molecule has 3 heteroatoms. The van der Waals surface area contributed by atoms with Gasteiger partial charge < -0.3 is 0 Å². The van der Waals surface area contributed by atoms with Gasteiger partial charge in [-0.15, -0.1) is 0 Å². The van der Waals surface area contributed by atoms with E-state index in [0.717, 1.165) is 32.1 Å². The van der Waals surface area contributed by atoms with Gasteiger partial charge in [0.1, 0.15) is 11.6 Å². The summed E-state index contributed by atoms with van der Waals surface area (Å²) in [4.78, 5) is 37.7. The maximum atomic E-state index is 13.4. The van der Waals surface area contributed by atoms with Crippen LogP contribution < -0.4 is 0 Å². The van der Waals surface area contributed by atoms with Gasteiger partial charge in [0.25, 0.3) is 0 Å². The van der Waals surface area contributed by atoms with E-state index in [1.807, 2.05) is 13.0 Å². The van der Waals surface area contributed by atoms with E-state index in [1.165, 1.54) is 5.57 Å². The molecule has 3 nitrogen and oxygen atoms in total. The predicted molar refractivity (Wildman–Crippen MR) is 95.8 cm³/mol. The third kappa shape index (κ3) is 2.20. The molecule has 0 aromatic heterocycles. The second-order valence-corrected chi connectivity index (χ2v) is 9.77. The van der Waals surface area contributed by atoms with Gasteiger partial charge in [-0.3, -0.25) is 14.4 Å². The van der Waals surface area contributed by atoms with Crippen LogP contribution in [-0.4, -0.2) is 17.3 Å². The van der Waals surface area contributed by atoms with Crippen molar-refractivity contribution in [3.05, 3.63) is 11.6 Å². The summed E-state index contributed by atoms with van der Waals surface area (Å²) in [6.07, 6.45) is 7.20. The Morgan fingerprint density at radius 1 is 1.16 bits per heavy atom. The largest absolute Gasteiger partial charge is 0.300 e. The van der Waals surface area contributed by atoms with Crippen molar-refractivity contribution in [2.75, 3.05) is 0 Å². The van der Waals surface area contributed by atoms with Crippen LogP contribution in [0.3, 0.4) is 0 Å². The summed E-state index contributed by atoms with van der Waals surface area (Å²) in [5, 5.41) is 0. The van der Waals surface area contributed by atoms with E-state index in [1.54, 1.807) is 6.92 Å². The molecule has 25 heavy (non-hydrogen) atoms. The molecule has 4 aliphatic rings. The van der Waals surface area contributed by atoms with Crippen LogP contribution in [0.2, 0.25) is 0 Å². The van der Waals surface area contributed by atoms with Crippen LogP contribution in [0.4, 0.5) is 0 Å². The fraction of sp³-hybridized carbons (Fsp3) is 0.773. The van der Waals surface area contributed by atoms with Crippen LogP contribution in [0.1, 0.15) is 66.2 Å². The highest BCUT2D eigenvalue weighted by Crippen LogP contribution is 2.65. The summed E-state index contributed by atoms with van der Waals surface area (Å²) in [7, 11) is 0. The zero-order chi connectivity index (χ0) is 18.1. The van der Waals surface area contributed by atoms with Gasteiger partial charge in [0.2, 0.25) is 0 Å². The average molecular weight is 342 g/mol. The number of Topliss-reactive ketones (excluding diaryl/α,β-unsaturated/α-hetero) is 2. The molecule has 0 spiro atoms. The van der Waals surface area contributed by atoms with Gasteiger partial charge in [-0.25, -0.2) is 0 Å². The van der Waals surface area contributed by atoms with Crippen LogP contribution in [0.25, 0.3) is 0 Å². The molecule has 0 N–H and O–H groups in total. The van der Waals surface area contributed by atoms with E-state index >= 15 is 0 Å². The topological polar surface area (TPSA) is 51.2 Å². The summed E-state index contributed by atoms with van der Waals surface area (Å²) in [5.41, 5.74) is 0.927. The van der Waals surface area contributed by atoms with Crippen molar-refractivity contribution in [3.63, 3.8) is 0 Å². The van der Waals surface area contributed by atoms with Crippen molar-refractivity contribution >= 4 is 17.3 Å². The number of allylic oxidation sites excluding steroid dienone is 1. The average Bonchev–Trinajstić information content (AvgIpc) is 2.85. The Morgan fingerprint density at radius 2 is 1.88 bits per heavy atom. The summed E-state index contributed by atoms with van der Waals surface area (Å²) >= 11 is 0. The monoisotopic (exact) mass is 342 g/mol. The van der Waals surface area contributed by atoms with Gasteiger partial charge in [0.15, 0.2) is 5.78 Å². The molecular formula is C22H30O3. The summed E-state index contributed by atoms with van der Waals surface area (Å²) in [5.74, 6) is 1.83. The van der Waals surface area contributed by atoms with Gasteiger partial charge in [-0.05, 0) is 67.8 Å². The fourth-order valence-electron chi connectivity index (χ4n) is 7.39. The van der Waals surface area contributed by atoms with Crippen molar-refractivity contribution in [2.24, 2.45) is 40.4 Å². The first kappa shape index (κ1) is 17.2. The van der Waals surface area contributed by atoms with E-state index in [4.69, 9.17) is 0 Å². The Hall–Kier alpha value is -1.25. The highest BCUT2D eigenvalue weighted by atomic mass is 16.1. The quantitative estimate of drug-likeness (QED) is 0.719. The molecule has 4 aliphatic carbocycles. The minimum atomic E-state index is -0.150. The van der Waals surface area contributed by atoms with Crippen LogP contribution >= 0.6 is 0 Å². The van der Waals surface area contributed by atoms with Gasteiger partial charge in [-0.2, -0.15) is 0 Å². The molecule has 3 fully saturated rings. The molecular weight excluding hydrogens is 312 g/mol. The molecule has 0 bridgehead atoms. The first-order chi connectivity index (χ1) is 11.7. The number of ketones is 3. The molecule has 7 atom stereocenters. The van der Waals surface area contributed by atoms with Crippen molar-refractivity contribution in [2.45, 2.75) is 66.2 Å². The molecule has 0 amide bonds. The SMILES string of the molecule is CC(=O)C1CCC2C3CCC4=CC(=O)[C@H](C)CC4(C)C3C(=O)CC12C. The second-order valence-electron chi connectivity index (χ2n) is 9.77. The summed E-state index contributed by atoms with van der Waals surface area (Å²) in [6, 6.07) is 0. The first-order valence-electron chi connectivity index (χ1n) is 9.96. The number of carbonyl (C=O) groups is 3. The number of hydrogen-bond donors (Lipinski definition) is 0. The van der Waals surface area contributed by atoms with E-state index < -0.39 is 0 Å². The molecule has 0 aromatic carbocycles. The van der Waals surface area contributed by atoms with E-state index in [2.05, 4.69) is 13.8 Å². The Kier molecular flexibility index (Phi) is 3.69. The molecule has 0 heterocycles. The summed E-state index contributed by atoms with van der Waals surface area (Å²) < 4.78 is 0. The first-order valence-corrected chi connectivity index (χ1v) is 9.96. The standard InChI is InChI=1S/C22H30O3/c1-12-10-21(3)14(9-18(12)24)5-6-15-17-8-7-16(13(2)23)22(17,4)11-19(25)20(15)21/h9,12,15-17,20H,5-8,10-11H2,1-4H3/t12-,15?,16?,17?,20?,21?,22?/m1/s1. The van der Waals surface area contributed by atoms with Crippen molar-refractivity contribution < 1.29 is 14.4 Å². The highest BCUT2D eigenvalue weighted by molar-refractivity contribution is 5.94. The minimum absolute atomic E-state index is 0.0159. The lowest BCUT2D eigenvalue weighted by molar-refractivity contribution is -0.148. The third-order valence-corrected chi connectivity index (χ3v) is 8.45. The molecule has 0 aromatic rings. The molecule has 0 aliphatic heterocycles. The Bertz CT molecular complexity index is 689. The van der Waals surface area contributed by atoms with E-state index in [9.17, 15) is 14.4 Å². The number of rotatable bonds is 1. The lowest BCUT2D eigenvalue weighted by atomic mass is 9.45. The second kappa shape index (κ2) is 5.37. The number of fused-ring (bicyclic) bond motifs is 5. The van der Waals surface area contributed by atoms with E-state index in [0.29, 0.717) is 24.0 Å². The van der Waals surface area contributed by atoms with Crippen molar-refractivity contribution in [1.82, 2.24) is 0 Å². The minimum Gasteiger partial charge on any atom is -0.300 e. The zero-order valence-electron chi connectivity index (χ0n) is 15.9. The number of carbonyl (C=O) groups excluding carboxylic acids is 3. The molecule has 0 saturated heterocycles. The van der Waals surface area contributed by atoms with Gasteiger partial charge in [0, 0.05) is 24.2 Å². The predicted octanol–water partition coefficient (Wildman–Crippen LogP) is 4.15. The van der Waals surface area contributed by atoms with Crippen LogP contribution in [-0.2, 0) is 14.4 Å². The lowest BCUT2D eigenvalue weighted by Gasteiger charge is -2.57. The van der Waals surface area contributed by atoms with Gasteiger partial charge >= 0.3 is 0 Å². The third-order valence-electron chi connectivity index (χ3n) is 8.45. The van der Waals surface area contributed by atoms with Crippen molar-refractivity contribution in [3.8, 4) is 0 Å². The summed E-state index contributed by atoms with van der Waals surface area (Å²) in [6.45, 7) is 8.14. The smallest absolute Gasteiger partial charge is 0.158 e. The van der Waals surface area contributed by atoms with Crippen molar-refractivity contribution in [1.29, 1.82) is 0 Å². The molecule has 136 valence electrons. The fourth-order valence-corrected chi connectivity index (χ4v) is 7.39. The zero-order valence-corrected chi connectivity index (χ0v) is 15.9.